The van der Waals surface area contributed by atoms with Gasteiger partial charge in [-0.15, -0.1) is 0 Å². The van der Waals surface area contributed by atoms with Crippen molar-refractivity contribution in [2.45, 2.75) is 18.9 Å². The number of para-hydroxylation sites is 1. The van der Waals surface area contributed by atoms with Crippen molar-refractivity contribution in [1.82, 2.24) is 10.2 Å². The Bertz CT molecular complexity index is 576. The Morgan fingerprint density at radius 3 is 3.05 bits per heavy atom. The molecule has 1 aromatic carbocycles. The Morgan fingerprint density at radius 2 is 2.25 bits per heavy atom. The van der Waals surface area contributed by atoms with Gasteiger partial charge in [-0.05, 0) is 25.0 Å². The van der Waals surface area contributed by atoms with Crippen LogP contribution in [0.3, 0.4) is 0 Å². The summed E-state index contributed by atoms with van der Waals surface area (Å²) in [6.07, 6.45) is 1.56. The van der Waals surface area contributed by atoms with E-state index in [0.29, 0.717) is 13.1 Å². The molecular formula is C14H16FN3O2. The van der Waals surface area contributed by atoms with Crippen LogP contribution in [-0.2, 0) is 4.79 Å². The average molecular weight is 277 g/mol. The van der Waals surface area contributed by atoms with Gasteiger partial charge >= 0.3 is 0 Å². The number of likely N-dealkylation sites (tertiary alicyclic amines) is 1. The third-order valence-electron chi connectivity index (χ3n) is 4.15. The number of hydrogen-bond donors (Lipinski definition) is 2. The lowest BCUT2D eigenvalue weighted by Gasteiger charge is -2.36. The number of fused-ring (bicyclic) bond motifs is 1. The lowest BCUT2D eigenvalue weighted by Crippen LogP contribution is -2.48. The number of rotatable bonds is 1. The van der Waals surface area contributed by atoms with Crippen LogP contribution in [0.4, 0.5) is 10.1 Å². The number of nitrogen functional groups attached to an aromatic ring is 1. The molecule has 6 heteroatoms. The van der Waals surface area contributed by atoms with Crippen molar-refractivity contribution in [3.8, 4) is 0 Å². The van der Waals surface area contributed by atoms with E-state index in [1.54, 1.807) is 4.90 Å². The van der Waals surface area contributed by atoms with E-state index in [-0.39, 0.29) is 35.0 Å². The summed E-state index contributed by atoms with van der Waals surface area (Å²) in [4.78, 5) is 25.9. The molecule has 0 aliphatic carbocycles. The molecule has 0 aromatic heterocycles. The van der Waals surface area contributed by atoms with Crippen LogP contribution in [0.25, 0.3) is 0 Å². The molecule has 2 amide bonds. The van der Waals surface area contributed by atoms with Gasteiger partial charge in [0.25, 0.3) is 5.91 Å². The Hall–Kier alpha value is -2.11. The first kappa shape index (κ1) is 12.9. The summed E-state index contributed by atoms with van der Waals surface area (Å²) in [6, 6.07) is 4.07. The molecule has 2 unspecified atom stereocenters. The van der Waals surface area contributed by atoms with Gasteiger partial charge in [-0.1, -0.05) is 6.07 Å². The minimum atomic E-state index is -0.593. The number of nitrogens with zero attached hydrogens (tertiary/aromatic N) is 1. The number of amides is 2. The molecule has 0 spiro atoms. The number of hydrogen-bond acceptors (Lipinski definition) is 3. The summed E-state index contributed by atoms with van der Waals surface area (Å²) in [5.41, 5.74) is 5.69. The van der Waals surface area contributed by atoms with Crippen LogP contribution in [0.1, 0.15) is 23.2 Å². The molecule has 2 atom stereocenters. The van der Waals surface area contributed by atoms with Crippen molar-refractivity contribution in [2.75, 3.05) is 18.8 Å². The molecule has 0 saturated carbocycles. The van der Waals surface area contributed by atoms with Crippen LogP contribution in [0.5, 0.6) is 0 Å². The van der Waals surface area contributed by atoms with Gasteiger partial charge in [0, 0.05) is 13.1 Å². The number of piperidine rings is 1. The number of benzene rings is 1. The molecule has 3 N–H and O–H groups in total. The molecule has 2 aliphatic heterocycles. The van der Waals surface area contributed by atoms with Crippen molar-refractivity contribution in [3.05, 3.63) is 29.6 Å². The van der Waals surface area contributed by atoms with E-state index in [1.807, 2.05) is 0 Å². The fourth-order valence-corrected chi connectivity index (χ4v) is 3.08. The van der Waals surface area contributed by atoms with Crippen molar-refractivity contribution >= 4 is 17.5 Å². The smallest absolute Gasteiger partial charge is 0.256 e. The Balaban J connectivity index is 1.90. The zero-order valence-corrected chi connectivity index (χ0v) is 10.9. The van der Waals surface area contributed by atoms with Crippen LogP contribution in [-0.4, -0.2) is 35.8 Å². The number of carbonyl (C=O) groups excluding carboxylic acids is 2. The van der Waals surface area contributed by atoms with Gasteiger partial charge < -0.3 is 16.0 Å². The average Bonchev–Trinajstić information content (AvgIpc) is 2.83. The van der Waals surface area contributed by atoms with Crippen molar-refractivity contribution in [1.29, 1.82) is 0 Å². The maximum absolute atomic E-state index is 13.5. The van der Waals surface area contributed by atoms with Gasteiger partial charge in [0.1, 0.15) is 5.82 Å². The fraction of sp³-hybridized carbons (Fsp3) is 0.429. The summed E-state index contributed by atoms with van der Waals surface area (Å²) in [5, 5.41) is 2.79. The van der Waals surface area contributed by atoms with Gasteiger partial charge in [0.15, 0.2) is 0 Å². The van der Waals surface area contributed by atoms with E-state index in [9.17, 15) is 14.0 Å². The molecule has 20 heavy (non-hydrogen) atoms. The van der Waals surface area contributed by atoms with Crippen LogP contribution >= 0.6 is 0 Å². The topological polar surface area (TPSA) is 75.4 Å². The molecular weight excluding hydrogens is 261 g/mol. The van der Waals surface area contributed by atoms with E-state index in [2.05, 4.69) is 5.32 Å². The van der Waals surface area contributed by atoms with Gasteiger partial charge in [-0.2, -0.15) is 0 Å². The van der Waals surface area contributed by atoms with Gasteiger partial charge in [0.2, 0.25) is 5.91 Å². The highest BCUT2D eigenvalue weighted by Gasteiger charge is 2.43. The van der Waals surface area contributed by atoms with Crippen molar-refractivity contribution in [3.63, 3.8) is 0 Å². The lowest BCUT2D eigenvalue weighted by atomic mass is 9.91. The summed E-state index contributed by atoms with van der Waals surface area (Å²) in [5.74, 6) is -1.04. The number of nitrogens with two attached hydrogens (primary N) is 1. The number of anilines is 1. The fourth-order valence-electron chi connectivity index (χ4n) is 3.08. The minimum Gasteiger partial charge on any atom is -0.396 e. The highest BCUT2D eigenvalue weighted by atomic mass is 19.1. The van der Waals surface area contributed by atoms with Crippen LogP contribution < -0.4 is 11.1 Å². The summed E-state index contributed by atoms with van der Waals surface area (Å²) in [6.45, 7) is 1.04. The molecule has 3 rings (SSSR count). The first-order chi connectivity index (χ1) is 9.59. The molecule has 5 nitrogen and oxygen atoms in total. The second-order valence-electron chi connectivity index (χ2n) is 5.26. The van der Waals surface area contributed by atoms with E-state index in [1.165, 1.54) is 18.2 Å². The molecule has 2 aliphatic rings. The zero-order valence-electron chi connectivity index (χ0n) is 10.9. The van der Waals surface area contributed by atoms with Crippen LogP contribution in [0.2, 0.25) is 0 Å². The standard InChI is InChI=1S/C14H16FN3O2/c15-10-5-1-3-9(12(10)16)14(20)18-6-2-4-8-11(18)7-17-13(8)19/h1,3,5,8,11H,2,4,6-7,16H2,(H,17,19). The molecule has 106 valence electrons. The van der Waals surface area contributed by atoms with E-state index in [4.69, 9.17) is 5.73 Å². The zero-order chi connectivity index (χ0) is 14.3. The van der Waals surface area contributed by atoms with E-state index >= 15 is 0 Å². The molecule has 2 saturated heterocycles. The van der Waals surface area contributed by atoms with Crippen molar-refractivity contribution < 1.29 is 14.0 Å². The third-order valence-corrected chi connectivity index (χ3v) is 4.15. The molecule has 2 fully saturated rings. The Labute approximate surface area is 115 Å². The second kappa shape index (κ2) is 4.77. The maximum atomic E-state index is 13.5. The highest BCUT2D eigenvalue weighted by molar-refractivity contribution is 6.00. The summed E-state index contributed by atoms with van der Waals surface area (Å²) in [7, 11) is 0. The number of halogens is 1. The number of carbonyl (C=O) groups is 2. The predicted molar refractivity (Wildman–Crippen MR) is 71.4 cm³/mol. The highest BCUT2D eigenvalue weighted by Crippen LogP contribution is 2.29. The Kier molecular flexibility index (Phi) is 3.08. The van der Waals surface area contributed by atoms with Gasteiger partial charge in [-0.3, -0.25) is 9.59 Å². The van der Waals surface area contributed by atoms with Crippen LogP contribution in [0, 0.1) is 11.7 Å². The molecule has 2 heterocycles. The van der Waals surface area contributed by atoms with Gasteiger partial charge in [-0.25, -0.2) is 4.39 Å². The van der Waals surface area contributed by atoms with Crippen LogP contribution in [0.15, 0.2) is 18.2 Å². The monoisotopic (exact) mass is 277 g/mol. The maximum Gasteiger partial charge on any atom is 0.256 e. The van der Waals surface area contributed by atoms with E-state index < -0.39 is 5.82 Å². The normalized spacial score (nSPS) is 25.2. The first-order valence-corrected chi connectivity index (χ1v) is 6.72. The number of nitrogens with one attached hydrogen (secondary N) is 1. The SMILES string of the molecule is Nc1c(F)cccc1C(=O)N1CCCC2C(=O)NCC21. The molecule has 1 aromatic rings. The van der Waals surface area contributed by atoms with Gasteiger partial charge in [0.05, 0.1) is 23.2 Å². The second-order valence-corrected chi connectivity index (χ2v) is 5.26. The van der Waals surface area contributed by atoms with E-state index in [0.717, 1.165) is 12.8 Å². The first-order valence-electron chi connectivity index (χ1n) is 6.72. The third kappa shape index (κ3) is 1.92. The predicted octanol–water partition coefficient (Wildman–Crippen LogP) is 0.758. The largest absolute Gasteiger partial charge is 0.396 e. The molecule has 0 bridgehead atoms. The quantitative estimate of drug-likeness (QED) is 0.744. The Morgan fingerprint density at radius 1 is 1.45 bits per heavy atom. The van der Waals surface area contributed by atoms with Crippen molar-refractivity contribution in [2.24, 2.45) is 5.92 Å². The minimum absolute atomic E-state index is 0.000265. The lowest BCUT2D eigenvalue weighted by molar-refractivity contribution is -0.123. The summed E-state index contributed by atoms with van der Waals surface area (Å²) >= 11 is 0. The summed E-state index contributed by atoms with van der Waals surface area (Å²) < 4.78 is 13.5. The molecule has 0 radical (unpaired) electrons.